The highest BCUT2D eigenvalue weighted by Gasteiger charge is 2.15. The first-order valence-electron chi connectivity index (χ1n) is 6.11. The molecule has 0 aromatic heterocycles. The van der Waals surface area contributed by atoms with Crippen molar-refractivity contribution >= 4 is 17.7 Å². The molecule has 0 radical (unpaired) electrons. The van der Waals surface area contributed by atoms with Gasteiger partial charge < -0.3 is 15.4 Å². The lowest BCUT2D eigenvalue weighted by molar-refractivity contribution is -0.143. The van der Waals surface area contributed by atoms with Crippen molar-refractivity contribution in [3.05, 3.63) is 29.8 Å². The van der Waals surface area contributed by atoms with Crippen LogP contribution in [-0.4, -0.2) is 24.6 Å². The second-order valence-corrected chi connectivity index (χ2v) is 4.11. The maximum Gasteiger partial charge on any atom is 0.319 e. The Labute approximate surface area is 115 Å². The predicted octanol–water partition coefficient (Wildman–Crippen LogP) is 2.43. The maximum atomic E-state index is 13.3. The third-order valence-electron chi connectivity index (χ3n) is 2.36. The average Bonchev–Trinajstić information content (AvgIpc) is 2.34. The van der Waals surface area contributed by atoms with Crippen molar-refractivity contribution < 1.29 is 23.1 Å². The van der Waals surface area contributed by atoms with Crippen molar-refractivity contribution in [2.75, 3.05) is 11.9 Å². The van der Waals surface area contributed by atoms with Gasteiger partial charge in [-0.1, -0.05) is 6.07 Å². The van der Waals surface area contributed by atoms with Gasteiger partial charge in [0.15, 0.2) is 0 Å². The van der Waals surface area contributed by atoms with Gasteiger partial charge in [-0.3, -0.25) is 4.79 Å². The van der Waals surface area contributed by atoms with Crippen LogP contribution in [0.3, 0.4) is 0 Å². The van der Waals surface area contributed by atoms with Crippen molar-refractivity contribution in [1.29, 1.82) is 0 Å². The zero-order valence-corrected chi connectivity index (χ0v) is 11.2. The van der Waals surface area contributed by atoms with Crippen molar-refractivity contribution in [1.82, 2.24) is 5.32 Å². The minimum absolute atomic E-state index is 0.0268. The van der Waals surface area contributed by atoms with Gasteiger partial charge in [-0.05, 0) is 26.0 Å². The third kappa shape index (κ3) is 4.83. The second kappa shape index (κ2) is 7.42. The Kier molecular flexibility index (Phi) is 5.89. The molecule has 0 aliphatic rings. The lowest BCUT2D eigenvalue weighted by Gasteiger charge is -2.14. The van der Waals surface area contributed by atoms with E-state index in [0.29, 0.717) is 0 Å². The molecule has 0 heterocycles. The van der Waals surface area contributed by atoms with Crippen LogP contribution in [0.5, 0.6) is 0 Å². The van der Waals surface area contributed by atoms with Crippen LogP contribution in [-0.2, 0) is 9.53 Å². The van der Waals surface area contributed by atoms with E-state index in [0.717, 1.165) is 12.1 Å². The van der Waals surface area contributed by atoms with E-state index in [4.69, 9.17) is 4.74 Å². The van der Waals surface area contributed by atoms with Crippen LogP contribution in [0.25, 0.3) is 0 Å². The van der Waals surface area contributed by atoms with E-state index in [1.807, 2.05) is 0 Å². The van der Waals surface area contributed by atoms with E-state index in [2.05, 4.69) is 10.6 Å². The molecule has 2 amide bonds. The van der Waals surface area contributed by atoms with Gasteiger partial charge in [0.1, 0.15) is 17.3 Å². The molecule has 1 rings (SSSR count). The quantitative estimate of drug-likeness (QED) is 0.817. The first-order valence-corrected chi connectivity index (χ1v) is 6.11. The highest BCUT2D eigenvalue weighted by Crippen LogP contribution is 2.17. The van der Waals surface area contributed by atoms with E-state index >= 15 is 0 Å². The fraction of sp³-hybridized carbons (Fsp3) is 0.385. The number of rotatable bonds is 5. The molecule has 0 fully saturated rings. The Morgan fingerprint density at radius 1 is 1.30 bits per heavy atom. The lowest BCUT2D eigenvalue weighted by Crippen LogP contribution is -2.38. The van der Waals surface area contributed by atoms with Gasteiger partial charge in [0.25, 0.3) is 0 Å². The topological polar surface area (TPSA) is 67.4 Å². The molecule has 0 spiro atoms. The number of urea groups is 1. The number of nitrogens with one attached hydrogen (secondary N) is 2. The number of halogens is 2. The minimum atomic E-state index is -0.877. The molecule has 2 N–H and O–H groups in total. The molecule has 1 unspecified atom stereocenters. The summed E-state index contributed by atoms with van der Waals surface area (Å²) in [4.78, 5) is 22.7. The summed E-state index contributed by atoms with van der Waals surface area (Å²) >= 11 is 0. The van der Waals surface area contributed by atoms with Crippen LogP contribution in [0.15, 0.2) is 18.2 Å². The fourth-order valence-electron chi connectivity index (χ4n) is 1.51. The van der Waals surface area contributed by atoms with Crippen molar-refractivity contribution in [2.45, 2.75) is 26.3 Å². The molecular weight excluding hydrogens is 270 g/mol. The largest absolute Gasteiger partial charge is 0.466 e. The second-order valence-electron chi connectivity index (χ2n) is 4.11. The van der Waals surface area contributed by atoms with Gasteiger partial charge in [-0.2, -0.15) is 0 Å². The van der Waals surface area contributed by atoms with Crippen molar-refractivity contribution in [2.24, 2.45) is 0 Å². The molecular formula is C13H16F2N2O3. The Hall–Kier alpha value is -2.18. The van der Waals surface area contributed by atoms with Crippen molar-refractivity contribution in [3.63, 3.8) is 0 Å². The lowest BCUT2D eigenvalue weighted by atomic mass is 10.2. The predicted molar refractivity (Wildman–Crippen MR) is 69.2 cm³/mol. The molecule has 0 bridgehead atoms. The molecule has 0 aliphatic carbocycles. The van der Waals surface area contributed by atoms with Crippen LogP contribution >= 0.6 is 0 Å². The van der Waals surface area contributed by atoms with E-state index in [9.17, 15) is 18.4 Å². The van der Waals surface area contributed by atoms with Gasteiger partial charge in [-0.25, -0.2) is 13.6 Å². The molecule has 0 saturated heterocycles. The van der Waals surface area contributed by atoms with Gasteiger partial charge >= 0.3 is 12.0 Å². The molecule has 1 atom stereocenters. The SMILES string of the molecule is CCOC(=O)CC(C)NC(=O)Nc1c(F)cccc1F. The Morgan fingerprint density at radius 3 is 2.45 bits per heavy atom. The minimum Gasteiger partial charge on any atom is -0.466 e. The number of benzene rings is 1. The average molecular weight is 286 g/mol. The number of esters is 1. The van der Waals surface area contributed by atoms with Gasteiger partial charge in [0, 0.05) is 6.04 Å². The number of carbonyl (C=O) groups excluding carboxylic acids is 2. The summed E-state index contributed by atoms with van der Waals surface area (Å²) in [6, 6.07) is 1.92. The molecule has 5 nitrogen and oxygen atoms in total. The maximum absolute atomic E-state index is 13.3. The molecule has 0 saturated carbocycles. The van der Waals surface area contributed by atoms with E-state index in [1.165, 1.54) is 6.07 Å². The number of anilines is 1. The van der Waals surface area contributed by atoms with Crippen LogP contribution in [0, 0.1) is 11.6 Å². The Morgan fingerprint density at radius 2 is 1.90 bits per heavy atom. The Bertz CT molecular complexity index is 474. The smallest absolute Gasteiger partial charge is 0.319 e. The standard InChI is InChI=1S/C13H16F2N2O3/c1-3-20-11(18)7-8(2)16-13(19)17-12-9(14)5-4-6-10(12)15/h4-6,8H,3,7H2,1-2H3,(H2,16,17,19). The monoisotopic (exact) mass is 286 g/mol. The zero-order chi connectivity index (χ0) is 15.1. The molecule has 1 aromatic carbocycles. The number of carbonyl (C=O) groups is 2. The van der Waals surface area contributed by atoms with Crippen molar-refractivity contribution in [3.8, 4) is 0 Å². The van der Waals surface area contributed by atoms with Crippen LogP contribution < -0.4 is 10.6 Å². The fourth-order valence-corrected chi connectivity index (χ4v) is 1.51. The first kappa shape index (κ1) is 15.9. The number of ether oxygens (including phenoxy) is 1. The van der Waals surface area contributed by atoms with Crippen LogP contribution in [0.4, 0.5) is 19.3 Å². The van der Waals surface area contributed by atoms with Crippen LogP contribution in [0.1, 0.15) is 20.3 Å². The van der Waals surface area contributed by atoms with Gasteiger partial charge in [0.05, 0.1) is 13.0 Å². The highest BCUT2D eigenvalue weighted by atomic mass is 19.1. The van der Waals surface area contributed by atoms with Crippen LogP contribution in [0.2, 0.25) is 0 Å². The molecule has 20 heavy (non-hydrogen) atoms. The van der Waals surface area contributed by atoms with E-state index < -0.39 is 35.4 Å². The van der Waals surface area contributed by atoms with Gasteiger partial charge in [-0.15, -0.1) is 0 Å². The molecule has 7 heteroatoms. The summed E-state index contributed by atoms with van der Waals surface area (Å²) in [6.45, 7) is 3.50. The number of para-hydroxylation sites is 1. The number of hydrogen-bond acceptors (Lipinski definition) is 3. The highest BCUT2D eigenvalue weighted by molar-refractivity contribution is 5.90. The molecule has 110 valence electrons. The summed E-state index contributed by atoms with van der Waals surface area (Å²) in [5.74, 6) is -2.21. The summed E-state index contributed by atoms with van der Waals surface area (Å²) in [5.41, 5.74) is -0.534. The summed E-state index contributed by atoms with van der Waals surface area (Å²) in [5, 5.41) is 4.45. The van der Waals surface area contributed by atoms with Gasteiger partial charge in [0.2, 0.25) is 0 Å². The molecule has 0 aliphatic heterocycles. The van der Waals surface area contributed by atoms with E-state index in [-0.39, 0.29) is 13.0 Å². The summed E-state index contributed by atoms with van der Waals surface area (Å²) < 4.78 is 31.3. The first-order chi connectivity index (χ1) is 9.43. The summed E-state index contributed by atoms with van der Waals surface area (Å²) in [7, 11) is 0. The third-order valence-corrected chi connectivity index (χ3v) is 2.36. The zero-order valence-electron chi connectivity index (χ0n) is 11.2. The van der Waals surface area contributed by atoms with E-state index in [1.54, 1.807) is 13.8 Å². The number of hydrogen-bond donors (Lipinski definition) is 2. The summed E-state index contributed by atoms with van der Waals surface area (Å²) in [6.07, 6.45) is -0.0268. The normalized spacial score (nSPS) is 11.6. The Balaban J connectivity index is 2.53. The number of amides is 2. The molecule has 1 aromatic rings.